The number of aromatic carboxylic acids is 1. The van der Waals surface area contributed by atoms with Crippen LogP contribution in [0.4, 0.5) is 5.82 Å². The van der Waals surface area contributed by atoms with Gasteiger partial charge in [0.1, 0.15) is 5.82 Å². The minimum Gasteiger partial charge on any atom is -0.477 e. The van der Waals surface area contributed by atoms with Crippen molar-refractivity contribution in [3.63, 3.8) is 0 Å². The molecule has 0 aliphatic heterocycles. The van der Waals surface area contributed by atoms with E-state index in [1.54, 1.807) is 0 Å². The fourth-order valence-electron chi connectivity index (χ4n) is 1.90. The quantitative estimate of drug-likeness (QED) is 0.881. The van der Waals surface area contributed by atoms with E-state index in [0.29, 0.717) is 11.6 Å². The molecular formula is C16H19N3O2. The van der Waals surface area contributed by atoms with E-state index >= 15 is 0 Å². The van der Waals surface area contributed by atoms with Crippen LogP contribution < -0.4 is 5.32 Å². The summed E-state index contributed by atoms with van der Waals surface area (Å²) in [7, 11) is 0. The Morgan fingerprint density at radius 2 is 2.10 bits per heavy atom. The topological polar surface area (TPSA) is 75.1 Å². The van der Waals surface area contributed by atoms with Crippen LogP contribution in [0.3, 0.4) is 0 Å². The smallest absolute Gasteiger partial charge is 0.354 e. The van der Waals surface area contributed by atoms with Crippen LogP contribution in [0, 0.1) is 6.92 Å². The van der Waals surface area contributed by atoms with Crippen LogP contribution in [0.5, 0.6) is 0 Å². The van der Waals surface area contributed by atoms with Crippen LogP contribution in [-0.2, 0) is 0 Å². The van der Waals surface area contributed by atoms with Crippen molar-refractivity contribution in [2.75, 3.05) is 5.32 Å². The molecule has 0 radical (unpaired) electrons. The molecule has 1 unspecified atom stereocenters. The van der Waals surface area contributed by atoms with Gasteiger partial charge in [0.05, 0.1) is 0 Å². The van der Waals surface area contributed by atoms with E-state index in [-0.39, 0.29) is 11.7 Å². The van der Waals surface area contributed by atoms with Crippen molar-refractivity contribution in [1.29, 1.82) is 0 Å². The number of rotatable bonds is 5. The molecule has 21 heavy (non-hydrogen) atoms. The third-order valence-electron chi connectivity index (χ3n) is 3.23. The van der Waals surface area contributed by atoms with Crippen LogP contribution in [0.25, 0.3) is 11.4 Å². The number of anilines is 1. The summed E-state index contributed by atoms with van der Waals surface area (Å²) in [5, 5.41) is 12.4. The molecule has 5 heteroatoms. The van der Waals surface area contributed by atoms with Gasteiger partial charge in [0.15, 0.2) is 11.5 Å². The SMILES string of the molecule is CCC(C)Nc1cc(C(=O)O)nc(-c2cccc(C)c2)n1. The molecule has 2 aromatic rings. The Kier molecular flexibility index (Phi) is 4.52. The molecule has 110 valence electrons. The molecule has 0 fully saturated rings. The molecule has 0 bridgehead atoms. The highest BCUT2D eigenvalue weighted by atomic mass is 16.4. The summed E-state index contributed by atoms with van der Waals surface area (Å²) in [6.45, 7) is 6.05. The zero-order chi connectivity index (χ0) is 15.4. The van der Waals surface area contributed by atoms with Gasteiger partial charge in [0.25, 0.3) is 0 Å². The van der Waals surface area contributed by atoms with Gasteiger partial charge in [-0.05, 0) is 26.3 Å². The zero-order valence-electron chi connectivity index (χ0n) is 12.4. The van der Waals surface area contributed by atoms with Crippen molar-refractivity contribution < 1.29 is 9.90 Å². The molecule has 0 aliphatic carbocycles. The lowest BCUT2D eigenvalue weighted by Gasteiger charge is -2.13. The molecule has 0 aliphatic rings. The van der Waals surface area contributed by atoms with Crippen LogP contribution in [-0.4, -0.2) is 27.1 Å². The first-order valence-corrected chi connectivity index (χ1v) is 6.95. The van der Waals surface area contributed by atoms with Crippen molar-refractivity contribution in [2.24, 2.45) is 0 Å². The van der Waals surface area contributed by atoms with Crippen molar-refractivity contribution >= 4 is 11.8 Å². The minimum absolute atomic E-state index is 0.00712. The summed E-state index contributed by atoms with van der Waals surface area (Å²) in [4.78, 5) is 19.8. The van der Waals surface area contributed by atoms with Gasteiger partial charge in [-0.2, -0.15) is 0 Å². The Morgan fingerprint density at radius 3 is 2.71 bits per heavy atom. The van der Waals surface area contributed by atoms with Gasteiger partial charge in [-0.25, -0.2) is 14.8 Å². The predicted octanol–water partition coefficient (Wildman–Crippen LogP) is 3.36. The van der Waals surface area contributed by atoms with E-state index < -0.39 is 5.97 Å². The summed E-state index contributed by atoms with van der Waals surface area (Å²) in [6.07, 6.45) is 0.923. The highest BCUT2D eigenvalue weighted by Crippen LogP contribution is 2.20. The fraction of sp³-hybridized carbons (Fsp3) is 0.312. The Bertz CT molecular complexity index is 656. The van der Waals surface area contributed by atoms with Gasteiger partial charge in [-0.1, -0.05) is 30.7 Å². The van der Waals surface area contributed by atoms with Crippen molar-refractivity contribution in [1.82, 2.24) is 9.97 Å². The van der Waals surface area contributed by atoms with Gasteiger partial charge in [0, 0.05) is 17.7 Å². The zero-order valence-corrected chi connectivity index (χ0v) is 12.4. The van der Waals surface area contributed by atoms with E-state index in [0.717, 1.165) is 17.5 Å². The number of nitrogens with zero attached hydrogens (tertiary/aromatic N) is 2. The van der Waals surface area contributed by atoms with Crippen LogP contribution in [0.15, 0.2) is 30.3 Å². The average Bonchev–Trinajstić information content (AvgIpc) is 2.46. The number of carbonyl (C=O) groups is 1. The molecule has 1 aromatic heterocycles. The first kappa shape index (κ1) is 15.0. The van der Waals surface area contributed by atoms with Gasteiger partial charge < -0.3 is 10.4 Å². The molecule has 0 amide bonds. The number of aryl methyl sites for hydroxylation is 1. The molecule has 2 N–H and O–H groups in total. The van der Waals surface area contributed by atoms with Crippen molar-refractivity contribution in [3.05, 3.63) is 41.6 Å². The van der Waals surface area contributed by atoms with Crippen molar-refractivity contribution in [2.45, 2.75) is 33.2 Å². The molecule has 1 aromatic carbocycles. The maximum absolute atomic E-state index is 11.2. The summed E-state index contributed by atoms with van der Waals surface area (Å²) >= 11 is 0. The monoisotopic (exact) mass is 285 g/mol. The molecule has 1 heterocycles. The molecule has 2 rings (SSSR count). The first-order valence-electron chi connectivity index (χ1n) is 6.95. The third-order valence-corrected chi connectivity index (χ3v) is 3.23. The summed E-state index contributed by atoms with van der Waals surface area (Å²) in [6, 6.07) is 9.38. The van der Waals surface area contributed by atoms with E-state index in [2.05, 4.69) is 22.2 Å². The summed E-state index contributed by atoms with van der Waals surface area (Å²) < 4.78 is 0. The lowest BCUT2D eigenvalue weighted by Crippen LogP contribution is -2.16. The Morgan fingerprint density at radius 1 is 1.33 bits per heavy atom. The lowest BCUT2D eigenvalue weighted by molar-refractivity contribution is 0.0690. The second-order valence-corrected chi connectivity index (χ2v) is 5.09. The van der Waals surface area contributed by atoms with Crippen LogP contribution >= 0.6 is 0 Å². The van der Waals surface area contributed by atoms with E-state index in [1.807, 2.05) is 38.1 Å². The third kappa shape index (κ3) is 3.78. The molecular weight excluding hydrogens is 266 g/mol. The average molecular weight is 285 g/mol. The van der Waals surface area contributed by atoms with Gasteiger partial charge in [0.2, 0.25) is 0 Å². The van der Waals surface area contributed by atoms with E-state index in [9.17, 15) is 9.90 Å². The molecule has 5 nitrogen and oxygen atoms in total. The highest BCUT2D eigenvalue weighted by Gasteiger charge is 2.13. The largest absolute Gasteiger partial charge is 0.477 e. The maximum Gasteiger partial charge on any atom is 0.354 e. The van der Waals surface area contributed by atoms with E-state index in [4.69, 9.17) is 0 Å². The Labute approximate surface area is 124 Å². The van der Waals surface area contributed by atoms with Gasteiger partial charge >= 0.3 is 5.97 Å². The maximum atomic E-state index is 11.2. The predicted molar refractivity (Wildman–Crippen MR) is 82.5 cm³/mol. The fourth-order valence-corrected chi connectivity index (χ4v) is 1.90. The molecule has 0 saturated heterocycles. The number of nitrogens with one attached hydrogen (secondary N) is 1. The molecule has 1 atom stereocenters. The van der Waals surface area contributed by atoms with Crippen molar-refractivity contribution in [3.8, 4) is 11.4 Å². The summed E-state index contributed by atoms with van der Waals surface area (Å²) in [5.74, 6) is -0.101. The Hall–Kier alpha value is -2.43. The minimum atomic E-state index is -1.06. The molecule has 0 saturated carbocycles. The highest BCUT2D eigenvalue weighted by molar-refractivity contribution is 5.87. The number of benzene rings is 1. The number of aromatic nitrogens is 2. The van der Waals surface area contributed by atoms with E-state index in [1.165, 1.54) is 6.07 Å². The second kappa shape index (κ2) is 6.35. The molecule has 0 spiro atoms. The number of carboxylic acids is 1. The standard InChI is InChI=1S/C16H19N3O2/c1-4-11(3)17-14-9-13(16(20)21)18-15(19-14)12-7-5-6-10(2)8-12/h5-9,11H,4H2,1-3H3,(H,20,21)(H,17,18,19). The number of hydrogen-bond donors (Lipinski definition) is 2. The van der Waals surface area contributed by atoms with Gasteiger partial charge in [-0.3, -0.25) is 0 Å². The first-order chi connectivity index (χ1) is 9.99. The normalized spacial score (nSPS) is 12.0. The lowest BCUT2D eigenvalue weighted by atomic mass is 10.1. The Balaban J connectivity index is 2.47. The van der Waals surface area contributed by atoms with Crippen LogP contribution in [0.2, 0.25) is 0 Å². The summed E-state index contributed by atoms with van der Waals surface area (Å²) in [5.41, 5.74) is 1.88. The van der Waals surface area contributed by atoms with Crippen LogP contribution in [0.1, 0.15) is 36.3 Å². The number of hydrogen-bond acceptors (Lipinski definition) is 4. The van der Waals surface area contributed by atoms with Gasteiger partial charge in [-0.15, -0.1) is 0 Å². The second-order valence-electron chi connectivity index (χ2n) is 5.09. The number of carboxylic acid groups (broad SMARTS) is 1.